The summed E-state index contributed by atoms with van der Waals surface area (Å²) in [4.78, 5) is 2.21. The molecule has 0 saturated heterocycles. The number of allylic oxidation sites excluding steroid dienone is 3. The number of para-hydroxylation sites is 1. The fourth-order valence-corrected chi connectivity index (χ4v) is 3.48. The van der Waals surface area contributed by atoms with Gasteiger partial charge >= 0.3 is 0 Å². The van der Waals surface area contributed by atoms with Crippen molar-refractivity contribution in [3.05, 3.63) is 96.2 Å². The number of nitrogens with zero attached hydrogens (tertiary/aromatic N) is 1. The topological polar surface area (TPSA) is 23.5 Å². The fourth-order valence-electron chi connectivity index (χ4n) is 3.48. The number of fused-ring (bicyclic) bond motifs is 2. The third-order valence-electron chi connectivity index (χ3n) is 4.73. The van der Waals surface area contributed by atoms with Gasteiger partial charge in [-0.15, -0.1) is 0 Å². The van der Waals surface area contributed by atoms with Crippen LogP contribution in [0.15, 0.2) is 79.5 Å². The number of hydrogen-bond acceptors (Lipinski definition) is 2. The van der Waals surface area contributed by atoms with Gasteiger partial charge in [-0.1, -0.05) is 63.4 Å². The lowest BCUT2D eigenvalue weighted by Gasteiger charge is -2.42. The average molecular weight is 317 g/mol. The molecule has 1 N–H and O–H groups in total. The smallest absolute Gasteiger partial charge is 0.0681 e. The Hall–Kier alpha value is -2.58. The molecule has 122 valence electrons. The Bertz CT molecular complexity index is 830. The first kappa shape index (κ1) is 16.3. The van der Waals surface area contributed by atoms with Gasteiger partial charge in [-0.05, 0) is 41.0 Å². The van der Waals surface area contributed by atoms with Gasteiger partial charge < -0.3 is 10.0 Å². The largest absolute Gasteiger partial charge is 0.392 e. The summed E-state index contributed by atoms with van der Waals surface area (Å²) in [6.07, 6.45) is 5.59. The first-order valence-electron chi connectivity index (χ1n) is 8.13. The molecular formula is C22H23NO. The number of benzene rings is 2. The first-order valence-corrected chi connectivity index (χ1v) is 8.13. The van der Waals surface area contributed by atoms with Gasteiger partial charge in [0.15, 0.2) is 0 Å². The zero-order valence-electron chi connectivity index (χ0n) is 14.3. The Labute approximate surface area is 144 Å². The molecule has 0 unspecified atom stereocenters. The van der Waals surface area contributed by atoms with Gasteiger partial charge in [0.2, 0.25) is 0 Å². The maximum absolute atomic E-state index is 9.56. The van der Waals surface area contributed by atoms with E-state index in [9.17, 15) is 5.11 Å². The predicted molar refractivity (Wildman–Crippen MR) is 102 cm³/mol. The van der Waals surface area contributed by atoms with E-state index in [1.807, 2.05) is 18.2 Å². The molecule has 0 amide bonds. The van der Waals surface area contributed by atoms with Crippen molar-refractivity contribution in [3.63, 3.8) is 0 Å². The van der Waals surface area contributed by atoms with Crippen molar-refractivity contribution in [1.29, 1.82) is 0 Å². The van der Waals surface area contributed by atoms with Gasteiger partial charge in [-0.3, -0.25) is 0 Å². The number of aliphatic hydroxyl groups excluding tert-OH is 1. The molecule has 0 aromatic heterocycles. The second-order valence-corrected chi connectivity index (χ2v) is 6.52. The molecule has 3 rings (SSSR count). The Morgan fingerprint density at radius 2 is 1.79 bits per heavy atom. The van der Waals surface area contributed by atoms with Crippen LogP contribution in [-0.4, -0.2) is 5.11 Å². The molecule has 0 fully saturated rings. The highest BCUT2D eigenvalue weighted by atomic mass is 16.3. The summed E-state index contributed by atoms with van der Waals surface area (Å²) in [5.74, 6) is 0. The minimum Gasteiger partial charge on any atom is -0.392 e. The second kappa shape index (κ2) is 6.14. The summed E-state index contributed by atoms with van der Waals surface area (Å²) in [6.45, 7) is 12.3. The van der Waals surface area contributed by atoms with Crippen molar-refractivity contribution in [3.8, 4) is 0 Å². The van der Waals surface area contributed by atoms with E-state index >= 15 is 0 Å². The molecular weight excluding hydrogens is 294 g/mol. The van der Waals surface area contributed by atoms with Crippen LogP contribution in [0.4, 0.5) is 11.4 Å². The molecule has 2 nitrogen and oxygen atoms in total. The van der Waals surface area contributed by atoms with Crippen molar-refractivity contribution in [2.45, 2.75) is 25.9 Å². The van der Waals surface area contributed by atoms with Crippen molar-refractivity contribution in [1.82, 2.24) is 0 Å². The van der Waals surface area contributed by atoms with Crippen LogP contribution in [0.25, 0.3) is 0 Å². The third kappa shape index (κ3) is 2.40. The first-order chi connectivity index (χ1) is 11.5. The quantitative estimate of drug-likeness (QED) is 0.782. The third-order valence-corrected chi connectivity index (χ3v) is 4.73. The summed E-state index contributed by atoms with van der Waals surface area (Å²) in [7, 11) is 0. The highest BCUT2D eigenvalue weighted by Gasteiger charge is 2.36. The Balaban J connectivity index is 2.35. The van der Waals surface area contributed by atoms with E-state index in [0.717, 1.165) is 22.6 Å². The van der Waals surface area contributed by atoms with Gasteiger partial charge in [0.25, 0.3) is 0 Å². The average Bonchev–Trinajstić information content (AvgIpc) is 2.61. The molecule has 1 aliphatic rings. The molecule has 24 heavy (non-hydrogen) atoms. The summed E-state index contributed by atoms with van der Waals surface area (Å²) in [5.41, 5.74) is 6.48. The number of rotatable bonds is 4. The van der Waals surface area contributed by atoms with E-state index in [-0.39, 0.29) is 12.0 Å². The summed E-state index contributed by atoms with van der Waals surface area (Å²) in [6, 6.07) is 14.6. The van der Waals surface area contributed by atoms with Crippen molar-refractivity contribution >= 4 is 11.4 Å². The Morgan fingerprint density at radius 3 is 2.46 bits per heavy atom. The molecule has 2 aromatic rings. The molecule has 0 spiro atoms. The van der Waals surface area contributed by atoms with Crippen LogP contribution in [0, 0.1) is 0 Å². The van der Waals surface area contributed by atoms with Crippen LogP contribution in [0.5, 0.6) is 0 Å². The van der Waals surface area contributed by atoms with Crippen molar-refractivity contribution < 1.29 is 5.11 Å². The highest BCUT2D eigenvalue weighted by molar-refractivity contribution is 5.82. The fraction of sp³-hybridized carbons (Fsp3) is 0.182. The molecule has 0 saturated carbocycles. The van der Waals surface area contributed by atoms with Gasteiger partial charge in [0, 0.05) is 11.1 Å². The van der Waals surface area contributed by atoms with E-state index in [2.05, 4.69) is 68.3 Å². The molecule has 1 aliphatic heterocycles. The zero-order valence-corrected chi connectivity index (χ0v) is 14.3. The summed E-state index contributed by atoms with van der Waals surface area (Å²) in [5, 5.41) is 9.56. The highest BCUT2D eigenvalue weighted by Crippen LogP contribution is 2.50. The molecule has 0 atom stereocenters. The van der Waals surface area contributed by atoms with Crippen LogP contribution in [-0.2, 0) is 12.0 Å². The second-order valence-electron chi connectivity index (χ2n) is 6.52. The van der Waals surface area contributed by atoms with E-state index in [4.69, 9.17) is 0 Å². The van der Waals surface area contributed by atoms with Crippen LogP contribution in [0.2, 0.25) is 0 Å². The van der Waals surface area contributed by atoms with Gasteiger partial charge in [0.05, 0.1) is 18.0 Å². The molecule has 2 heteroatoms. The van der Waals surface area contributed by atoms with Gasteiger partial charge in [-0.25, -0.2) is 0 Å². The van der Waals surface area contributed by atoms with Gasteiger partial charge in [0.1, 0.15) is 0 Å². The van der Waals surface area contributed by atoms with E-state index in [1.54, 1.807) is 6.08 Å². The van der Waals surface area contributed by atoms with Crippen molar-refractivity contribution in [2.24, 2.45) is 0 Å². The van der Waals surface area contributed by atoms with Crippen LogP contribution in [0.1, 0.15) is 30.5 Å². The predicted octanol–water partition coefficient (Wildman–Crippen LogP) is 5.21. The number of aliphatic hydroxyl groups is 1. The number of hydrogen-bond donors (Lipinski definition) is 1. The van der Waals surface area contributed by atoms with Crippen molar-refractivity contribution in [2.75, 3.05) is 4.90 Å². The lowest BCUT2D eigenvalue weighted by molar-refractivity contribution is 0.281. The Morgan fingerprint density at radius 1 is 1.08 bits per heavy atom. The standard InChI is InChI=1S/C22H23NO/c1-5-9-17(6-2)23-20-11-8-7-10-18(20)22(3,4)19-14-16(15-24)12-13-21(19)23/h5-14,24H,1-2,15H2,3-4H3/b17-9+. The van der Waals surface area contributed by atoms with Gasteiger partial charge in [-0.2, -0.15) is 0 Å². The SMILES string of the molecule is C=C/C=C(\C=C)N1c2ccccc2C(C)(C)c2cc(CO)ccc21. The van der Waals surface area contributed by atoms with E-state index in [0.29, 0.717) is 0 Å². The number of anilines is 2. The monoisotopic (exact) mass is 317 g/mol. The lowest BCUT2D eigenvalue weighted by Crippen LogP contribution is -2.32. The Kier molecular flexibility index (Phi) is 4.16. The summed E-state index contributed by atoms with van der Waals surface area (Å²) < 4.78 is 0. The van der Waals surface area contributed by atoms with E-state index < -0.39 is 0 Å². The van der Waals surface area contributed by atoms with Crippen LogP contribution < -0.4 is 4.90 Å². The van der Waals surface area contributed by atoms with Crippen LogP contribution in [0.3, 0.4) is 0 Å². The normalized spacial score (nSPS) is 15.5. The van der Waals surface area contributed by atoms with Crippen LogP contribution >= 0.6 is 0 Å². The molecule has 0 aliphatic carbocycles. The maximum atomic E-state index is 9.56. The maximum Gasteiger partial charge on any atom is 0.0681 e. The molecule has 2 aromatic carbocycles. The zero-order chi connectivity index (χ0) is 17.3. The summed E-state index contributed by atoms with van der Waals surface area (Å²) >= 11 is 0. The minimum absolute atomic E-state index is 0.0435. The van der Waals surface area contributed by atoms with E-state index in [1.165, 1.54) is 11.1 Å². The minimum atomic E-state index is -0.145. The lowest BCUT2D eigenvalue weighted by atomic mass is 9.73. The molecule has 1 heterocycles. The molecule has 0 bridgehead atoms. The molecule has 0 radical (unpaired) electrons.